The van der Waals surface area contributed by atoms with Crippen LogP contribution in [-0.4, -0.2) is 19.8 Å². The van der Waals surface area contributed by atoms with Crippen LogP contribution in [0.3, 0.4) is 0 Å². The number of hydrogen-bond donors (Lipinski definition) is 1. The third-order valence-electron chi connectivity index (χ3n) is 3.78. The maximum atomic E-state index is 11.2. The zero-order valence-electron chi connectivity index (χ0n) is 13.2. The molecule has 0 radical (unpaired) electrons. The molecule has 2 aromatic carbocycles. The Hall–Kier alpha value is -2.69. The molecule has 23 heavy (non-hydrogen) atoms. The van der Waals surface area contributed by atoms with Crippen LogP contribution in [0.2, 0.25) is 0 Å². The summed E-state index contributed by atoms with van der Waals surface area (Å²) >= 11 is 0. The van der Waals surface area contributed by atoms with Crippen molar-refractivity contribution < 1.29 is 19.0 Å². The first-order chi connectivity index (χ1) is 11.2. The lowest BCUT2D eigenvalue weighted by Gasteiger charge is -2.11. The van der Waals surface area contributed by atoms with Crippen molar-refractivity contribution in [2.75, 3.05) is 19.0 Å². The summed E-state index contributed by atoms with van der Waals surface area (Å²) in [7, 11) is 1.34. The summed E-state index contributed by atoms with van der Waals surface area (Å²) in [5.74, 6) is 1.73. The second-order valence-corrected chi connectivity index (χ2v) is 5.42. The van der Waals surface area contributed by atoms with Gasteiger partial charge < -0.3 is 14.2 Å². The van der Waals surface area contributed by atoms with Crippen LogP contribution in [0.5, 0.6) is 11.5 Å². The Labute approximate surface area is 135 Å². The van der Waals surface area contributed by atoms with Gasteiger partial charge in [0.1, 0.15) is 18.1 Å². The Bertz CT molecular complexity index is 727. The number of carbonyl (C=O) groups excluding carboxylic acids is 1. The van der Waals surface area contributed by atoms with E-state index in [1.807, 2.05) is 31.2 Å². The predicted octanol–water partition coefficient (Wildman–Crippen LogP) is 3.69. The number of methoxy groups -OCH3 is 1. The average Bonchev–Trinajstić information content (AvgIpc) is 3.02. The Balaban J connectivity index is 1.64. The number of benzene rings is 2. The summed E-state index contributed by atoms with van der Waals surface area (Å²) in [6.45, 7) is 3.16. The third-order valence-corrected chi connectivity index (χ3v) is 3.78. The summed E-state index contributed by atoms with van der Waals surface area (Å²) in [6, 6.07) is 11.7. The highest BCUT2D eigenvalue weighted by Gasteiger charge is 2.12. The molecule has 5 nitrogen and oxygen atoms in total. The largest absolute Gasteiger partial charge is 0.493 e. The summed E-state index contributed by atoms with van der Waals surface area (Å²) < 4.78 is 15.9. The van der Waals surface area contributed by atoms with Gasteiger partial charge in [-0.1, -0.05) is 6.07 Å². The van der Waals surface area contributed by atoms with Gasteiger partial charge in [0.2, 0.25) is 0 Å². The van der Waals surface area contributed by atoms with Crippen LogP contribution in [0, 0.1) is 6.92 Å². The molecular weight excluding hydrogens is 294 g/mol. The van der Waals surface area contributed by atoms with Crippen molar-refractivity contribution in [1.82, 2.24) is 0 Å². The quantitative estimate of drug-likeness (QED) is 0.935. The molecule has 0 atom stereocenters. The van der Waals surface area contributed by atoms with Gasteiger partial charge in [0.15, 0.2) is 0 Å². The number of hydrogen-bond acceptors (Lipinski definition) is 4. The first-order valence-electron chi connectivity index (χ1n) is 7.49. The summed E-state index contributed by atoms with van der Waals surface area (Å²) in [6.07, 6.45) is 0.470. The highest BCUT2D eigenvalue weighted by molar-refractivity contribution is 5.85. The Kier molecular flexibility index (Phi) is 4.37. The van der Waals surface area contributed by atoms with Crippen molar-refractivity contribution in [3.05, 3.63) is 53.1 Å². The van der Waals surface area contributed by atoms with Crippen molar-refractivity contribution >= 4 is 11.8 Å². The van der Waals surface area contributed by atoms with Crippen molar-refractivity contribution in [2.24, 2.45) is 0 Å². The van der Waals surface area contributed by atoms with E-state index in [0.29, 0.717) is 12.3 Å². The molecule has 0 unspecified atom stereocenters. The van der Waals surface area contributed by atoms with Crippen molar-refractivity contribution in [1.29, 1.82) is 0 Å². The fourth-order valence-electron chi connectivity index (χ4n) is 2.52. The Morgan fingerprint density at radius 1 is 1.26 bits per heavy atom. The molecule has 0 spiro atoms. The Morgan fingerprint density at radius 3 is 2.91 bits per heavy atom. The van der Waals surface area contributed by atoms with E-state index in [2.05, 4.69) is 16.1 Å². The molecule has 0 saturated carbocycles. The second-order valence-electron chi connectivity index (χ2n) is 5.42. The third kappa shape index (κ3) is 3.56. The molecule has 2 aromatic rings. The molecule has 1 aliphatic rings. The van der Waals surface area contributed by atoms with Gasteiger partial charge in [0.25, 0.3) is 0 Å². The minimum absolute atomic E-state index is 0.484. The summed E-state index contributed by atoms with van der Waals surface area (Å²) in [4.78, 5) is 11.2. The second kappa shape index (κ2) is 6.60. The average molecular weight is 313 g/mol. The minimum Gasteiger partial charge on any atom is -0.493 e. The molecule has 120 valence electrons. The predicted molar refractivity (Wildman–Crippen MR) is 87.2 cm³/mol. The van der Waals surface area contributed by atoms with E-state index >= 15 is 0 Å². The lowest BCUT2D eigenvalue weighted by atomic mass is 10.1. The molecular formula is C18H19NO4. The summed E-state index contributed by atoms with van der Waals surface area (Å²) in [5.41, 5.74) is 3.97. The number of fused-ring (bicyclic) bond motifs is 1. The van der Waals surface area contributed by atoms with Gasteiger partial charge in [-0.3, -0.25) is 5.32 Å². The first kappa shape index (κ1) is 15.2. The van der Waals surface area contributed by atoms with Crippen LogP contribution in [0.4, 0.5) is 10.5 Å². The van der Waals surface area contributed by atoms with Crippen molar-refractivity contribution in [2.45, 2.75) is 20.0 Å². The van der Waals surface area contributed by atoms with E-state index in [0.717, 1.165) is 35.7 Å². The monoisotopic (exact) mass is 313 g/mol. The number of amides is 1. The highest BCUT2D eigenvalue weighted by atomic mass is 16.5. The van der Waals surface area contributed by atoms with E-state index < -0.39 is 6.09 Å². The van der Waals surface area contributed by atoms with Crippen LogP contribution in [0.25, 0.3) is 0 Å². The zero-order chi connectivity index (χ0) is 16.2. The molecule has 5 heteroatoms. The number of rotatable bonds is 4. The SMILES string of the molecule is COC(=O)Nc1ccc(OCc2ccc3c(c2)CCO3)cc1C. The van der Waals surface area contributed by atoms with Gasteiger partial charge in [-0.25, -0.2) is 4.79 Å². The highest BCUT2D eigenvalue weighted by Crippen LogP contribution is 2.27. The van der Waals surface area contributed by atoms with E-state index in [4.69, 9.17) is 9.47 Å². The number of ether oxygens (including phenoxy) is 3. The lowest BCUT2D eigenvalue weighted by Crippen LogP contribution is -2.11. The number of anilines is 1. The molecule has 3 rings (SSSR count). The molecule has 0 saturated heterocycles. The number of aryl methyl sites for hydroxylation is 1. The topological polar surface area (TPSA) is 56.8 Å². The standard InChI is InChI=1S/C18H19NO4/c1-12-9-15(4-5-16(12)19-18(20)21-2)23-11-13-3-6-17-14(10-13)7-8-22-17/h3-6,9-10H,7-8,11H2,1-2H3,(H,19,20). The van der Waals surface area contributed by atoms with Crippen LogP contribution in [0.15, 0.2) is 36.4 Å². The normalized spacial score (nSPS) is 12.3. The molecule has 0 fully saturated rings. The molecule has 0 aliphatic carbocycles. The molecule has 1 N–H and O–H groups in total. The molecule has 1 amide bonds. The smallest absolute Gasteiger partial charge is 0.411 e. The maximum absolute atomic E-state index is 11.2. The van der Waals surface area contributed by atoms with Gasteiger partial charge in [-0.15, -0.1) is 0 Å². The van der Waals surface area contributed by atoms with E-state index in [9.17, 15) is 4.79 Å². The van der Waals surface area contributed by atoms with Crippen molar-refractivity contribution in [3.63, 3.8) is 0 Å². The fraction of sp³-hybridized carbons (Fsp3) is 0.278. The van der Waals surface area contributed by atoms with Crippen LogP contribution < -0.4 is 14.8 Å². The van der Waals surface area contributed by atoms with Crippen molar-refractivity contribution in [3.8, 4) is 11.5 Å². The zero-order valence-corrected chi connectivity index (χ0v) is 13.2. The van der Waals surface area contributed by atoms with Gasteiger partial charge in [0, 0.05) is 12.1 Å². The maximum Gasteiger partial charge on any atom is 0.411 e. The first-order valence-corrected chi connectivity index (χ1v) is 7.49. The molecule has 1 heterocycles. The van der Waals surface area contributed by atoms with Gasteiger partial charge >= 0.3 is 6.09 Å². The number of carbonyl (C=O) groups is 1. The van der Waals surface area contributed by atoms with E-state index in [1.165, 1.54) is 12.7 Å². The van der Waals surface area contributed by atoms with Gasteiger partial charge in [-0.2, -0.15) is 0 Å². The fourth-order valence-corrected chi connectivity index (χ4v) is 2.52. The molecule has 1 aliphatic heterocycles. The van der Waals surface area contributed by atoms with Gasteiger partial charge in [-0.05, 0) is 53.9 Å². The summed E-state index contributed by atoms with van der Waals surface area (Å²) in [5, 5.41) is 2.66. The molecule has 0 aromatic heterocycles. The van der Waals surface area contributed by atoms with Crippen LogP contribution >= 0.6 is 0 Å². The van der Waals surface area contributed by atoms with E-state index in [-0.39, 0.29) is 0 Å². The van der Waals surface area contributed by atoms with Gasteiger partial charge in [0.05, 0.1) is 13.7 Å². The Morgan fingerprint density at radius 2 is 2.13 bits per heavy atom. The minimum atomic E-state index is -0.484. The number of nitrogens with one attached hydrogen (secondary N) is 1. The van der Waals surface area contributed by atoms with E-state index in [1.54, 1.807) is 6.07 Å². The van der Waals surface area contributed by atoms with Crippen LogP contribution in [-0.2, 0) is 17.8 Å². The van der Waals surface area contributed by atoms with Crippen LogP contribution in [0.1, 0.15) is 16.7 Å². The molecule has 0 bridgehead atoms. The lowest BCUT2D eigenvalue weighted by molar-refractivity contribution is 0.187.